The molecule has 1 aromatic rings. The van der Waals surface area contributed by atoms with Gasteiger partial charge in [0.2, 0.25) is 0 Å². The monoisotopic (exact) mass is 330 g/mol. The molecule has 0 aromatic heterocycles. The Morgan fingerprint density at radius 3 is 3.12 bits per heavy atom. The second-order valence-electron chi connectivity index (χ2n) is 7.64. The fraction of sp³-hybridized carbons (Fsp3) is 0.632. The maximum Gasteiger partial charge on any atom is 0.255 e. The van der Waals surface area contributed by atoms with E-state index in [0.29, 0.717) is 35.8 Å². The number of nitrogens with zero attached hydrogens (tertiary/aromatic N) is 1. The first-order chi connectivity index (χ1) is 11.5. The number of methoxy groups -OCH3 is 1. The third-order valence-electron chi connectivity index (χ3n) is 6.05. The van der Waals surface area contributed by atoms with Crippen LogP contribution in [0, 0.1) is 18.8 Å². The van der Waals surface area contributed by atoms with Gasteiger partial charge in [-0.05, 0) is 38.9 Å². The Kier molecular flexibility index (Phi) is 3.81. The maximum atomic E-state index is 12.7. The van der Waals surface area contributed by atoms with Gasteiger partial charge in [-0.25, -0.2) is 0 Å². The van der Waals surface area contributed by atoms with E-state index < -0.39 is 0 Å². The molecule has 3 heterocycles. The fourth-order valence-corrected chi connectivity index (χ4v) is 5.00. The molecule has 0 aliphatic carbocycles. The molecule has 3 saturated heterocycles. The highest BCUT2D eigenvalue weighted by molar-refractivity contribution is 5.97. The second-order valence-corrected chi connectivity index (χ2v) is 7.64. The van der Waals surface area contributed by atoms with Crippen molar-refractivity contribution in [3.05, 3.63) is 29.3 Å². The zero-order chi connectivity index (χ0) is 16.9. The van der Waals surface area contributed by atoms with Gasteiger partial charge in [0.05, 0.1) is 24.4 Å². The average molecular weight is 330 g/mol. The third-order valence-corrected chi connectivity index (χ3v) is 6.05. The summed E-state index contributed by atoms with van der Waals surface area (Å²) in [4.78, 5) is 15.0. The van der Waals surface area contributed by atoms with Gasteiger partial charge in [-0.2, -0.15) is 0 Å². The highest BCUT2D eigenvalue weighted by Crippen LogP contribution is 2.54. The number of likely N-dealkylation sites (N-methyl/N-ethyl adjacent to an activating group) is 1. The summed E-state index contributed by atoms with van der Waals surface area (Å²) < 4.78 is 11.7. The van der Waals surface area contributed by atoms with Crippen molar-refractivity contribution in [1.82, 2.24) is 10.2 Å². The van der Waals surface area contributed by atoms with Gasteiger partial charge >= 0.3 is 0 Å². The normalized spacial score (nSPS) is 34.4. The minimum atomic E-state index is -0.0567. The summed E-state index contributed by atoms with van der Waals surface area (Å²) in [5, 5.41) is 3.13. The largest absolute Gasteiger partial charge is 0.496 e. The molecule has 1 N–H and O–H groups in total. The number of nitrogens with one attached hydrogen (secondary N) is 1. The van der Waals surface area contributed by atoms with Crippen LogP contribution in [0.2, 0.25) is 0 Å². The zero-order valence-corrected chi connectivity index (χ0v) is 14.7. The van der Waals surface area contributed by atoms with E-state index in [0.717, 1.165) is 25.1 Å². The Hall–Kier alpha value is -1.59. The lowest BCUT2D eigenvalue weighted by Gasteiger charge is -2.29. The molecule has 0 unspecified atom stereocenters. The summed E-state index contributed by atoms with van der Waals surface area (Å²) in [6.07, 6.45) is 2.60. The van der Waals surface area contributed by atoms with Crippen molar-refractivity contribution < 1.29 is 14.3 Å². The molecular weight excluding hydrogens is 304 g/mol. The Bertz CT molecular complexity index is 662. The molecule has 3 aliphatic rings. The molecular formula is C19H26N2O3. The zero-order valence-electron chi connectivity index (χ0n) is 14.7. The summed E-state index contributed by atoms with van der Waals surface area (Å²) in [7, 11) is 3.76. The third kappa shape index (κ3) is 2.42. The van der Waals surface area contributed by atoms with Crippen LogP contribution in [-0.2, 0) is 4.74 Å². The number of fused-ring (bicyclic) bond motifs is 1. The van der Waals surface area contributed by atoms with Crippen LogP contribution in [0.25, 0.3) is 0 Å². The Morgan fingerprint density at radius 1 is 1.50 bits per heavy atom. The molecule has 1 spiro atoms. The van der Waals surface area contributed by atoms with Crippen molar-refractivity contribution in [2.45, 2.75) is 31.5 Å². The van der Waals surface area contributed by atoms with Gasteiger partial charge in [0.15, 0.2) is 0 Å². The number of aryl methyl sites for hydroxylation is 1. The molecule has 5 nitrogen and oxygen atoms in total. The van der Waals surface area contributed by atoms with Crippen LogP contribution in [0.1, 0.15) is 28.8 Å². The van der Waals surface area contributed by atoms with Crippen molar-refractivity contribution in [1.29, 1.82) is 0 Å². The first-order valence-electron chi connectivity index (χ1n) is 8.81. The van der Waals surface area contributed by atoms with Gasteiger partial charge in [0, 0.05) is 31.5 Å². The van der Waals surface area contributed by atoms with E-state index in [1.165, 1.54) is 6.42 Å². The molecule has 3 aliphatic heterocycles. The SMILES string of the molecule is COc1ccc(C)cc1C(=O)NC[C@H]1[C@H]2CN(C)C[C@]23CC[C@H]1O3. The minimum absolute atomic E-state index is 0.0514. The number of hydrogen-bond acceptors (Lipinski definition) is 4. The van der Waals surface area contributed by atoms with E-state index in [2.05, 4.69) is 17.3 Å². The number of hydrogen-bond donors (Lipinski definition) is 1. The Morgan fingerprint density at radius 2 is 2.33 bits per heavy atom. The van der Waals surface area contributed by atoms with Gasteiger partial charge in [-0.3, -0.25) is 4.79 Å². The number of benzene rings is 1. The van der Waals surface area contributed by atoms with Crippen molar-refractivity contribution in [2.24, 2.45) is 11.8 Å². The lowest BCUT2D eigenvalue weighted by atomic mass is 9.73. The first kappa shape index (κ1) is 15.9. The van der Waals surface area contributed by atoms with Gasteiger partial charge in [0.1, 0.15) is 5.75 Å². The van der Waals surface area contributed by atoms with Crippen molar-refractivity contribution in [3.8, 4) is 5.75 Å². The number of carbonyl (C=O) groups is 1. The molecule has 0 saturated carbocycles. The van der Waals surface area contributed by atoms with Crippen LogP contribution in [-0.4, -0.2) is 56.3 Å². The molecule has 24 heavy (non-hydrogen) atoms. The van der Waals surface area contributed by atoms with Crippen LogP contribution in [0.3, 0.4) is 0 Å². The van der Waals surface area contributed by atoms with E-state index in [4.69, 9.17) is 9.47 Å². The number of carbonyl (C=O) groups excluding carboxylic acids is 1. The summed E-state index contributed by atoms with van der Waals surface area (Å²) in [6.45, 7) is 4.77. The van der Waals surface area contributed by atoms with E-state index in [9.17, 15) is 4.79 Å². The van der Waals surface area contributed by atoms with Crippen molar-refractivity contribution in [2.75, 3.05) is 33.8 Å². The van der Waals surface area contributed by atoms with Gasteiger partial charge in [-0.15, -0.1) is 0 Å². The van der Waals surface area contributed by atoms with Crippen LogP contribution in [0.5, 0.6) is 5.75 Å². The predicted octanol–water partition coefficient (Wildman–Crippen LogP) is 1.84. The van der Waals surface area contributed by atoms with Crippen molar-refractivity contribution in [3.63, 3.8) is 0 Å². The fourth-order valence-electron chi connectivity index (χ4n) is 5.00. The standard InChI is InChI=1S/C19H26N2O3/c1-12-4-5-16(23-3)13(8-12)18(22)20-9-14-15-10-21(2)11-19(15)7-6-17(14)24-19/h4-5,8,14-15,17H,6-7,9-11H2,1-3H3,(H,20,22)/t14-,15+,17+,19+/m0/s1. The van der Waals surface area contributed by atoms with Crippen LogP contribution in [0.4, 0.5) is 0 Å². The first-order valence-corrected chi connectivity index (χ1v) is 8.81. The second kappa shape index (κ2) is 5.74. The van der Waals surface area contributed by atoms with E-state index in [1.807, 2.05) is 25.1 Å². The summed E-state index contributed by atoms with van der Waals surface area (Å²) in [6, 6.07) is 5.69. The number of rotatable bonds is 4. The van der Waals surface area contributed by atoms with Gasteiger partial charge in [-0.1, -0.05) is 11.6 Å². The quantitative estimate of drug-likeness (QED) is 0.915. The lowest BCUT2D eigenvalue weighted by molar-refractivity contribution is 0.00472. The van der Waals surface area contributed by atoms with Crippen molar-refractivity contribution >= 4 is 5.91 Å². The molecule has 3 fully saturated rings. The number of ether oxygens (including phenoxy) is 2. The average Bonchev–Trinajstić information content (AvgIpc) is 3.19. The molecule has 1 aromatic carbocycles. The molecule has 5 heteroatoms. The topological polar surface area (TPSA) is 50.8 Å². The summed E-state index contributed by atoms with van der Waals surface area (Å²) in [5.41, 5.74) is 1.72. The minimum Gasteiger partial charge on any atom is -0.496 e. The molecule has 4 rings (SSSR count). The van der Waals surface area contributed by atoms with Gasteiger partial charge in [0.25, 0.3) is 5.91 Å². The number of likely N-dealkylation sites (tertiary alicyclic amines) is 1. The molecule has 130 valence electrons. The smallest absolute Gasteiger partial charge is 0.255 e. The number of amides is 1. The highest BCUT2D eigenvalue weighted by atomic mass is 16.5. The van der Waals surface area contributed by atoms with Crippen LogP contribution < -0.4 is 10.1 Å². The van der Waals surface area contributed by atoms with E-state index in [-0.39, 0.29) is 11.5 Å². The van der Waals surface area contributed by atoms with Gasteiger partial charge < -0.3 is 19.7 Å². The highest BCUT2D eigenvalue weighted by Gasteiger charge is 2.62. The summed E-state index contributed by atoms with van der Waals surface area (Å²) >= 11 is 0. The van der Waals surface area contributed by atoms with E-state index >= 15 is 0 Å². The molecule has 1 amide bonds. The lowest BCUT2D eigenvalue weighted by Crippen LogP contribution is -2.42. The Balaban J connectivity index is 1.46. The molecule has 2 bridgehead atoms. The maximum absolute atomic E-state index is 12.7. The van der Waals surface area contributed by atoms with Crippen LogP contribution >= 0.6 is 0 Å². The van der Waals surface area contributed by atoms with E-state index in [1.54, 1.807) is 7.11 Å². The Labute approximate surface area is 143 Å². The van der Waals surface area contributed by atoms with Crippen LogP contribution in [0.15, 0.2) is 18.2 Å². The summed E-state index contributed by atoms with van der Waals surface area (Å²) in [5.74, 6) is 1.53. The predicted molar refractivity (Wildman–Crippen MR) is 91.4 cm³/mol. The molecule has 4 atom stereocenters. The molecule has 0 radical (unpaired) electrons.